The highest BCUT2D eigenvalue weighted by Crippen LogP contribution is 2.37. The van der Waals surface area contributed by atoms with Gasteiger partial charge in [0.2, 0.25) is 0 Å². The van der Waals surface area contributed by atoms with E-state index in [1.165, 1.54) is 6.07 Å². The van der Waals surface area contributed by atoms with E-state index in [0.717, 1.165) is 50.5 Å². The molecule has 1 spiro atoms. The molecule has 2 aliphatic rings. The van der Waals surface area contributed by atoms with Gasteiger partial charge in [-0.2, -0.15) is 0 Å². The highest BCUT2D eigenvalue weighted by Gasteiger charge is 2.48. The molecule has 0 bridgehead atoms. The lowest BCUT2D eigenvalue weighted by atomic mass is 9.78. The maximum Gasteiger partial charge on any atom is 0.166 e. The van der Waals surface area contributed by atoms with E-state index in [0.29, 0.717) is 17.6 Å². The van der Waals surface area contributed by atoms with Gasteiger partial charge in [-0.05, 0) is 48.9 Å². The van der Waals surface area contributed by atoms with E-state index in [2.05, 4.69) is 22.1 Å². The molecule has 2 aliphatic heterocycles. The number of likely N-dealkylation sites (tertiary alicyclic amines) is 1. The van der Waals surface area contributed by atoms with Crippen LogP contribution in [0.25, 0.3) is 0 Å². The topological polar surface area (TPSA) is 33.7 Å². The van der Waals surface area contributed by atoms with Crippen molar-refractivity contribution >= 4 is 5.69 Å². The molecule has 0 aliphatic carbocycles. The maximum atomic E-state index is 14.3. The third kappa shape index (κ3) is 4.30. The summed E-state index contributed by atoms with van der Waals surface area (Å²) in [5.41, 5.74) is 3.00. The van der Waals surface area contributed by atoms with Gasteiger partial charge in [-0.25, -0.2) is 4.39 Å². The summed E-state index contributed by atoms with van der Waals surface area (Å²) in [5.74, 6) is 5.97. The first-order valence-corrected chi connectivity index (χ1v) is 9.68. The van der Waals surface area contributed by atoms with Crippen molar-refractivity contribution in [3.05, 3.63) is 59.4 Å². The van der Waals surface area contributed by atoms with Gasteiger partial charge in [0.1, 0.15) is 0 Å². The average Bonchev–Trinajstić information content (AvgIpc) is 2.65. The Bertz CT molecular complexity index is 874. The molecule has 1 N–H and O–H groups in total. The quantitative estimate of drug-likeness (QED) is 0.615. The van der Waals surface area contributed by atoms with Gasteiger partial charge in [0.25, 0.3) is 0 Å². The van der Waals surface area contributed by atoms with Crippen molar-refractivity contribution in [1.82, 2.24) is 4.90 Å². The van der Waals surface area contributed by atoms with Gasteiger partial charge in [0, 0.05) is 48.9 Å². The molecule has 0 unspecified atom stereocenters. The summed E-state index contributed by atoms with van der Waals surface area (Å²) in [6.07, 6.45) is 0.889. The zero-order valence-corrected chi connectivity index (χ0v) is 16.1. The fourth-order valence-corrected chi connectivity index (χ4v) is 3.66. The number of ether oxygens (including phenoxy) is 2. The fourth-order valence-electron chi connectivity index (χ4n) is 3.66. The fraction of sp³-hybridized carbons (Fsp3) is 0.391. The zero-order chi connectivity index (χ0) is 19.4. The Morgan fingerprint density at radius 3 is 2.46 bits per heavy atom. The van der Waals surface area contributed by atoms with Crippen molar-refractivity contribution in [2.24, 2.45) is 5.41 Å². The molecule has 5 heteroatoms. The van der Waals surface area contributed by atoms with E-state index in [9.17, 15) is 4.39 Å². The Morgan fingerprint density at radius 2 is 1.82 bits per heavy atom. The van der Waals surface area contributed by atoms with Gasteiger partial charge in [0.15, 0.2) is 11.6 Å². The highest BCUT2D eigenvalue weighted by molar-refractivity contribution is 5.50. The predicted octanol–water partition coefficient (Wildman–Crippen LogP) is 3.37. The molecule has 0 amide bonds. The summed E-state index contributed by atoms with van der Waals surface area (Å²) in [6, 6.07) is 12.7. The number of nitrogens with one attached hydrogen (secondary N) is 1. The van der Waals surface area contributed by atoms with E-state index in [4.69, 9.17) is 9.47 Å². The minimum atomic E-state index is -0.369. The summed E-state index contributed by atoms with van der Waals surface area (Å²) in [5, 5.41) is 3.06. The van der Waals surface area contributed by atoms with E-state index >= 15 is 0 Å². The van der Waals surface area contributed by atoms with Crippen LogP contribution in [-0.4, -0.2) is 51.4 Å². The number of nitrogens with zero attached hydrogens (tertiary/aromatic N) is 1. The van der Waals surface area contributed by atoms with Crippen LogP contribution in [0.3, 0.4) is 0 Å². The Labute approximate surface area is 165 Å². The Kier molecular flexibility index (Phi) is 5.52. The predicted molar refractivity (Wildman–Crippen MR) is 108 cm³/mol. The zero-order valence-electron chi connectivity index (χ0n) is 16.1. The molecule has 0 radical (unpaired) electrons. The molecule has 4 rings (SSSR count). The SMILES string of the molecule is CNc1ccc(C#Cc2ccc(OCCCN3CC4(COC4)C3)c(F)c2)cc1. The van der Waals surface area contributed by atoms with E-state index < -0.39 is 0 Å². The smallest absolute Gasteiger partial charge is 0.166 e. The average molecular weight is 380 g/mol. The van der Waals surface area contributed by atoms with Crippen molar-refractivity contribution < 1.29 is 13.9 Å². The van der Waals surface area contributed by atoms with Crippen LogP contribution in [0.2, 0.25) is 0 Å². The first kappa shape index (κ1) is 18.8. The molecule has 2 saturated heterocycles. The molecular formula is C23H25FN2O2. The Morgan fingerprint density at radius 1 is 1.11 bits per heavy atom. The van der Waals surface area contributed by atoms with E-state index in [1.807, 2.05) is 31.3 Å². The lowest BCUT2D eigenvalue weighted by Crippen LogP contribution is -2.65. The normalized spacial score (nSPS) is 17.2. The Balaban J connectivity index is 1.24. The summed E-state index contributed by atoms with van der Waals surface area (Å²) in [4.78, 5) is 2.41. The summed E-state index contributed by atoms with van der Waals surface area (Å²) in [7, 11) is 1.87. The third-order valence-electron chi connectivity index (χ3n) is 5.27. The van der Waals surface area contributed by atoms with Crippen LogP contribution in [0.4, 0.5) is 10.1 Å². The van der Waals surface area contributed by atoms with Crippen molar-refractivity contribution in [3.8, 4) is 17.6 Å². The lowest BCUT2D eigenvalue weighted by molar-refractivity contribution is -0.189. The third-order valence-corrected chi connectivity index (χ3v) is 5.27. The highest BCUT2D eigenvalue weighted by atomic mass is 19.1. The first-order valence-electron chi connectivity index (χ1n) is 9.68. The van der Waals surface area contributed by atoms with Crippen molar-refractivity contribution in [2.75, 3.05) is 51.8 Å². The van der Waals surface area contributed by atoms with Gasteiger partial charge in [-0.3, -0.25) is 0 Å². The minimum Gasteiger partial charge on any atom is -0.490 e. The van der Waals surface area contributed by atoms with E-state index in [-0.39, 0.29) is 11.6 Å². The van der Waals surface area contributed by atoms with Crippen LogP contribution in [0.15, 0.2) is 42.5 Å². The number of anilines is 1. The summed E-state index contributed by atoms with van der Waals surface area (Å²) < 4.78 is 25.2. The second-order valence-electron chi connectivity index (χ2n) is 7.63. The van der Waals surface area contributed by atoms with Crippen molar-refractivity contribution in [1.29, 1.82) is 0 Å². The van der Waals surface area contributed by atoms with Gasteiger partial charge in [0.05, 0.1) is 19.8 Å². The minimum absolute atomic E-state index is 0.288. The van der Waals surface area contributed by atoms with Gasteiger partial charge >= 0.3 is 0 Å². The maximum absolute atomic E-state index is 14.3. The summed E-state index contributed by atoms with van der Waals surface area (Å²) in [6.45, 7) is 5.54. The molecule has 2 aromatic rings. The van der Waals surface area contributed by atoms with Gasteiger partial charge in [-0.1, -0.05) is 11.8 Å². The molecule has 0 atom stereocenters. The first-order chi connectivity index (χ1) is 13.7. The second kappa shape index (κ2) is 8.22. The molecule has 4 nitrogen and oxygen atoms in total. The number of halogens is 1. The number of benzene rings is 2. The molecule has 2 fully saturated rings. The second-order valence-corrected chi connectivity index (χ2v) is 7.63. The molecule has 28 heavy (non-hydrogen) atoms. The van der Waals surface area contributed by atoms with Crippen LogP contribution in [0, 0.1) is 23.1 Å². The standard InChI is InChI=1S/C23H25FN2O2/c1-25-20-8-5-18(6-9-20)3-4-19-7-10-22(21(24)13-19)28-12-2-11-26-14-23(15-26)16-27-17-23/h5-10,13,25H,2,11-12,14-17H2,1H3. The van der Waals surface area contributed by atoms with E-state index in [1.54, 1.807) is 12.1 Å². The van der Waals surface area contributed by atoms with Gasteiger partial charge < -0.3 is 19.7 Å². The molecule has 2 aromatic carbocycles. The number of hydrogen-bond acceptors (Lipinski definition) is 4. The number of rotatable bonds is 6. The monoisotopic (exact) mass is 380 g/mol. The lowest BCUT2D eigenvalue weighted by Gasteiger charge is -2.55. The van der Waals surface area contributed by atoms with Crippen molar-refractivity contribution in [2.45, 2.75) is 6.42 Å². The van der Waals surface area contributed by atoms with Crippen molar-refractivity contribution in [3.63, 3.8) is 0 Å². The molecular weight excluding hydrogens is 355 g/mol. The molecule has 0 saturated carbocycles. The molecule has 146 valence electrons. The molecule has 2 heterocycles. The van der Waals surface area contributed by atoms with Crippen LogP contribution < -0.4 is 10.1 Å². The molecule has 0 aromatic heterocycles. The van der Waals surface area contributed by atoms with Crippen LogP contribution in [0.5, 0.6) is 5.75 Å². The summed E-state index contributed by atoms with van der Waals surface area (Å²) >= 11 is 0. The van der Waals surface area contributed by atoms with Crippen LogP contribution in [0.1, 0.15) is 17.5 Å². The Hall–Kier alpha value is -2.55. The van der Waals surface area contributed by atoms with Crippen LogP contribution in [-0.2, 0) is 4.74 Å². The number of hydrogen-bond donors (Lipinski definition) is 1. The largest absolute Gasteiger partial charge is 0.490 e. The van der Waals surface area contributed by atoms with Gasteiger partial charge in [-0.15, -0.1) is 0 Å². The van der Waals surface area contributed by atoms with Crippen LogP contribution >= 0.6 is 0 Å².